The summed E-state index contributed by atoms with van der Waals surface area (Å²) in [6.45, 7) is 7.43. The zero-order valence-corrected chi connectivity index (χ0v) is 22.5. The van der Waals surface area contributed by atoms with Crippen molar-refractivity contribution in [2.24, 2.45) is 5.92 Å². The van der Waals surface area contributed by atoms with E-state index < -0.39 is 0 Å². The van der Waals surface area contributed by atoms with Crippen LogP contribution in [0.4, 0.5) is 5.82 Å². The minimum Gasteiger partial charge on any atom is -0.490 e. The van der Waals surface area contributed by atoms with Gasteiger partial charge in [0.05, 0.1) is 16.7 Å². The molecule has 1 aromatic carbocycles. The molecule has 3 heterocycles. The molecule has 3 aliphatic rings. The first-order valence-electron chi connectivity index (χ1n) is 13.8. The van der Waals surface area contributed by atoms with Crippen LogP contribution in [0.3, 0.4) is 0 Å². The number of aromatic nitrogens is 2. The summed E-state index contributed by atoms with van der Waals surface area (Å²) in [6, 6.07) is 11.0. The molecule has 9 nitrogen and oxygen atoms in total. The van der Waals surface area contributed by atoms with Crippen molar-refractivity contribution in [1.82, 2.24) is 25.7 Å². The van der Waals surface area contributed by atoms with Crippen LogP contribution in [0.5, 0.6) is 5.75 Å². The average Bonchev–Trinajstić information content (AvgIpc) is 2.95. The lowest BCUT2D eigenvalue weighted by Crippen LogP contribution is -2.49. The SMILES string of the molecule is N#Cc1ccc(OC2CCC(NC(=O)c3ccc(N4CCN(CC5CCNCC5)CC4)nn3)CC2)cc1Cl. The molecule has 0 radical (unpaired) electrons. The van der Waals surface area contributed by atoms with Crippen molar-refractivity contribution in [2.45, 2.75) is 50.7 Å². The lowest BCUT2D eigenvalue weighted by molar-refractivity contribution is 0.0888. The molecular formula is C28H36ClN7O2. The molecule has 2 aliphatic heterocycles. The van der Waals surface area contributed by atoms with Gasteiger partial charge in [0.25, 0.3) is 5.91 Å². The van der Waals surface area contributed by atoms with E-state index >= 15 is 0 Å². The minimum absolute atomic E-state index is 0.0615. The molecule has 0 atom stereocenters. The first-order chi connectivity index (χ1) is 18.6. The standard InChI is InChI=1S/C28H36ClN7O2/c29-25-17-24(4-1-21(25)18-30)38-23-5-2-22(3-6-23)32-28(37)26-7-8-27(34-33-26)36-15-13-35(14-16-36)19-20-9-11-31-12-10-20/h1,4,7-8,17,20,22-23,31H,2-3,5-6,9-16,19H2,(H,32,37). The molecule has 2 aromatic rings. The fraction of sp³-hybridized carbons (Fsp3) is 0.571. The number of halogens is 1. The quantitative estimate of drug-likeness (QED) is 0.554. The van der Waals surface area contributed by atoms with Gasteiger partial charge in [-0.15, -0.1) is 10.2 Å². The number of hydrogen-bond acceptors (Lipinski definition) is 8. The zero-order valence-electron chi connectivity index (χ0n) is 21.7. The third-order valence-electron chi connectivity index (χ3n) is 7.93. The van der Waals surface area contributed by atoms with E-state index in [1.54, 1.807) is 24.3 Å². The summed E-state index contributed by atoms with van der Waals surface area (Å²) >= 11 is 6.11. The number of rotatable bonds is 7. The number of benzene rings is 1. The number of ether oxygens (including phenoxy) is 1. The summed E-state index contributed by atoms with van der Waals surface area (Å²) < 4.78 is 6.05. The van der Waals surface area contributed by atoms with Crippen LogP contribution in [-0.4, -0.2) is 79.0 Å². The number of carbonyl (C=O) groups is 1. The molecule has 0 unspecified atom stereocenters. The Kier molecular flexibility index (Phi) is 8.94. The highest BCUT2D eigenvalue weighted by Gasteiger charge is 2.26. The summed E-state index contributed by atoms with van der Waals surface area (Å²) in [5.74, 6) is 2.13. The highest BCUT2D eigenvalue weighted by atomic mass is 35.5. The lowest BCUT2D eigenvalue weighted by atomic mass is 9.93. The third kappa shape index (κ3) is 6.93. The molecule has 2 saturated heterocycles. The van der Waals surface area contributed by atoms with Crippen LogP contribution in [-0.2, 0) is 0 Å². The first kappa shape index (κ1) is 26.7. The van der Waals surface area contributed by atoms with E-state index in [4.69, 9.17) is 21.6 Å². The Morgan fingerprint density at radius 1 is 1.05 bits per heavy atom. The number of piperazine rings is 1. The van der Waals surface area contributed by atoms with Crippen LogP contribution in [0.25, 0.3) is 0 Å². The van der Waals surface area contributed by atoms with Crippen molar-refractivity contribution < 1.29 is 9.53 Å². The molecule has 1 saturated carbocycles. The van der Waals surface area contributed by atoms with Crippen molar-refractivity contribution in [3.63, 3.8) is 0 Å². The van der Waals surface area contributed by atoms with Gasteiger partial charge in [-0.3, -0.25) is 9.69 Å². The zero-order chi connectivity index (χ0) is 26.3. The topological polar surface area (TPSA) is 106 Å². The highest BCUT2D eigenvalue weighted by molar-refractivity contribution is 6.31. The van der Waals surface area contributed by atoms with E-state index in [9.17, 15) is 4.79 Å². The molecular weight excluding hydrogens is 502 g/mol. The molecule has 3 fully saturated rings. The Morgan fingerprint density at radius 3 is 2.47 bits per heavy atom. The summed E-state index contributed by atoms with van der Waals surface area (Å²) in [5.41, 5.74) is 0.788. The van der Waals surface area contributed by atoms with Gasteiger partial charge in [0, 0.05) is 44.8 Å². The number of anilines is 1. The van der Waals surface area contributed by atoms with E-state index in [1.165, 1.54) is 19.4 Å². The average molecular weight is 538 g/mol. The van der Waals surface area contributed by atoms with E-state index in [0.29, 0.717) is 22.0 Å². The predicted molar refractivity (Wildman–Crippen MR) is 147 cm³/mol. The van der Waals surface area contributed by atoms with E-state index in [0.717, 1.165) is 76.7 Å². The Morgan fingerprint density at radius 2 is 1.82 bits per heavy atom. The number of hydrogen-bond donors (Lipinski definition) is 2. The van der Waals surface area contributed by atoms with Gasteiger partial charge in [-0.2, -0.15) is 5.26 Å². The second kappa shape index (κ2) is 12.7. The van der Waals surface area contributed by atoms with Crippen LogP contribution in [0, 0.1) is 17.2 Å². The maximum atomic E-state index is 12.8. The van der Waals surface area contributed by atoms with Gasteiger partial charge in [0.1, 0.15) is 11.8 Å². The molecule has 1 aliphatic carbocycles. The van der Waals surface area contributed by atoms with Crippen LogP contribution in [0.2, 0.25) is 5.02 Å². The summed E-state index contributed by atoms with van der Waals surface area (Å²) in [7, 11) is 0. The fourth-order valence-electron chi connectivity index (χ4n) is 5.64. The molecule has 5 rings (SSSR count). The van der Waals surface area contributed by atoms with Gasteiger partial charge in [-0.25, -0.2) is 0 Å². The molecule has 10 heteroatoms. The Bertz CT molecular complexity index is 1120. The van der Waals surface area contributed by atoms with Crippen molar-refractivity contribution in [3.8, 4) is 11.8 Å². The number of nitrogens with zero attached hydrogens (tertiary/aromatic N) is 5. The maximum Gasteiger partial charge on any atom is 0.272 e. The second-order valence-corrected chi connectivity index (χ2v) is 11.0. The summed E-state index contributed by atoms with van der Waals surface area (Å²) in [6.07, 6.45) is 5.93. The molecule has 38 heavy (non-hydrogen) atoms. The normalized spacial score (nSPS) is 23.0. The fourth-order valence-corrected chi connectivity index (χ4v) is 5.85. The number of amides is 1. The number of piperidine rings is 1. The van der Waals surface area contributed by atoms with Crippen molar-refractivity contribution in [2.75, 3.05) is 50.7 Å². The third-order valence-corrected chi connectivity index (χ3v) is 8.24. The van der Waals surface area contributed by atoms with E-state index in [2.05, 4.69) is 36.7 Å². The van der Waals surface area contributed by atoms with Gasteiger partial charge in [-0.1, -0.05) is 11.6 Å². The van der Waals surface area contributed by atoms with E-state index in [-0.39, 0.29) is 18.1 Å². The van der Waals surface area contributed by atoms with Gasteiger partial charge in [0.2, 0.25) is 0 Å². The number of nitriles is 1. The predicted octanol–water partition coefficient (Wildman–Crippen LogP) is 3.24. The maximum absolute atomic E-state index is 12.8. The van der Waals surface area contributed by atoms with Crippen molar-refractivity contribution >= 4 is 23.3 Å². The Hall–Kier alpha value is -2.93. The van der Waals surface area contributed by atoms with Crippen LogP contribution >= 0.6 is 11.6 Å². The summed E-state index contributed by atoms with van der Waals surface area (Å²) in [4.78, 5) is 17.6. The Balaban J connectivity index is 1.04. The van der Waals surface area contributed by atoms with E-state index in [1.807, 2.05) is 6.07 Å². The highest BCUT2D eigenvalue weighted by Crippen LogP contribution is 2.27. The number of nitrogens with one attached hydrogen (secondary N) is 2. The van der Waals surface area contributed by atoms with Crippen molar-refractivity contribution in [3.05, 3.63) is 46.6 Å². The molecule has 2 N–H and O–H groups in total. The first-order valence-corrected chi connectivity index (χ1v) is 14.1. The van der Waals surface area contributed by atoms with Crippen LogP contribution < -0.4 is 20.3 Å². The second-order valence-electron chi connectivity index (χ2n) is 10.6. The van der Waals surface area contributed by atoms with Crippen LogP contribution in [0.1, 0.15) is 54.6 Å². The van der Waals surface area contributed by atoms with Gasteiger partial charge in [-0.05, 0) is 81.8 Å². The smallest absolute Gasteiger partial charge is 0.272 e. The largest absolute Gasteiger partial charge is 0.490 e. The molecule has 1 aromatic heterocycles. The monoisotopic (exact) mass is 537 g/mol. The van der Waals surface area contributed by atoms with Gasteiger partial charge in [0.15, 0.2) is 11.5 Å². The molecule has 1 amide bonds. The molecule has 0 spiro atoms. The van der Waals surface area contributed by atoms with Crippen molar-refractivity contribution in [1.29, 1.82) is 5.26 Å². The number of carbonyl (C=O) groups excluding carboxylic acids is 1. The van der Waals surface area contributed by atoms with Gasteiger partial charge < -0.3 is 20.3 Å². The molecule has 202 valence electrons. The Labute approximate surface area is 229 Å². The van der Waals surface area contributed by atoms with Crippen LogP contribution in [0.15, 0.2) is 30.3 Å². The lowest BCUT2D eigenvalue weighted by Gasteiger charge is -2.37. The molecule has 0 bridgehead atoms. The van der Waals surface area contributed by atoms with Gasteiger partial charge >= 0.3 is 0 Å². The minimum atomic E-state index is -0.181. The summed E-state index contributed by atoms with van der Waals surface area (Å²) in [5, 5.41) is 24.6.